The second kappa shape index (κ2) is 4.96. The first kappa shape index (κ1) is 12.9. The maximum Gasteiger partial charge on any atom is 0.393 e. The van der Waals surface area contributed by atoms with E-state index in [1.54, 1.807) is 0 Å². The third-order valence-corrected chi connectivity index (χ3v) is 3.88. The Morgan fingerprint density at radius 2 is 2.00 bits per heavy atom. The van der Waals surface area contributed by atoms with Crippen LogP contribution in [0.2, 0.25) is 0 Å². The van der Waals surface area contributed by atoms with Gasteiger partial charge in [-0.25, -0.2) is 0 Å². The van der Waals surface area contributed by atoms with Crippen molar-refractivity contribution in [2.45, 2.75) is 38.3 Å². The van der Waals surface area contributed by atoms with E-state index in [-0.39, 0.29) is 24.7 Å². The Morgan fingerprint density at radius 3 is 2.59 bits per heavy atom. The number of likely N-dealkylation sites (tertiary alicyclic amines) is 1. The van der Waals surface area contributed by atoms with Gasteiger partial charge in [0.15, 0.2) is 0 Å². The van der Waals surface area contributed by atoms with Crippen LogP contribution >= 0.6 is 0 Å². The molecule has 0 aromatic carbocycles. The van der Waals surface area contributed by atoms with Crippen molar-refractivity contribution in [1.82, 2.24) is 4.90 Å². The van der Waals surface area contributed by atoms with Crippen molar-refractivity contribution in [2.75, 3.05) is 19.6 Å². The first-order valence-corrected chi connectivity index (χ1v) is 6.28. The number of Topliss-reactive ketones (excluding diaryl/α,β-unsaturated/α-hetero) is 1. The van der Waals surface area contributed by atoms with E-state index in [1.165, 1.54) is 0 Å². The van der Waals surface area contributed by atoms with E-state index in [1.807, 2.05) is 4.90 Å². The molecule has 0 spiro atoms. The standard InChI is InChI=1S/C12H18F3NO/c13-12(14,15)10-4-2-6-16(8-10)7-9-3-1-5-11(9)17/h9-10H,1-8H2. The van der Waals surface area contributed by atoms with E-state index >= 15 is 0 Å². The molecule has 17 heavy (non-hydrogen) atoms. The molecule has 1 saturated carbocycles. The summed E-state index contributed by atoms with van der Waals surface area (Å²) in [5, 5.41) is 0. The molecule has 2 fully saturated rings. The third kappa shape index (κ3) is 3.21. The van der Waals surface area contributed by atoms with Gasteiger partial charge in [-0.1, -0.05) is 0 Å². The lowest BCUT2D eigenvalue weighted by atomic mass is 9.96. The topological polar surface area (TPSA) is 20.3 Å². The van der Waals surface area contributed by atoms with Crippen LogP contribution in [-0.4, -0.2) is 36.5 Å². The van der Waals surface area contributed by atoms with Gasteiger partial charge in [-0.15, -0.1) is 0 Å². The highest BCUT2D eigenvalue weighted by Crippen LogP contribution is 2.34. The minimum absolute atomic E-state index is 0.0121. The zero-order valence-electron chi connectivity index (χ0n) is 9.80. The van der Waals surface area contributed by atoms with Crippen LogP contribution in [0.5, 0.6) is 0 Å². The van der Waals surface area contributed by atoms with Crippen LogP contribution < -0.4 is 0 Å². The fourth-order valence-electron chi connectivity index (χ4n) is 2.88. The summed E-state index contributed by atoms with van der Waals surface area (Å²) < 4.78 is 37.8. The molecule has 2 rings (SSSR count). The highest BCUT2D eigenvalue weighted by Gasteiger charge is 2.42. The van der Waals surface area contributed by atoms with Crippen LogP contribution in [0.25, 0.3) is 0 Å². The summed E-state index contributed by atoms with van der Waals surface area (Å²) in [7, 11) is 0. The quantitative estimate of drug-likeness (QED) is 0.749. The van der Waals surface area contributed by atoms with Crippen molar-refractivity contribution < 1.29 is 18.0 Å². The summed E-state index contributed by atoms with van der Waals surface area (Å²) >= 11 is 0. The fourth-order valence-corrected chi connectivity index (χ4v) is 2.88. The number of alkyl halides is 3. The molecule has 0 bridgehead atoms. The summed E-state index contributed by atoms with van der Waals surface area (Å²) in [6.45, 7) is 1.31. The average molecular weight is 249 g/mol. The molecule has 0 aromatic rings. The van der Waals surface area contributed by atoms with Crippen molar-refractivity contribution in [3.05, 3.63) is 0 Å². The highest BCUT2D eigenvalue weighted by atomic mass is 19.4. The van der Waals surface area contributed by atoms with Gasteiger partial charge in [0.25, 0.3) is 0 Å². The SMILES string of the molecule is O=C1CCCC1CN1CCCC(C(F)(F)F)C1. The van der Waals surface area contributed by atoms with E-state index in [2.05, 4.69) is 0 Å². The summed E-state index contributed by atoms with van der Waals surface area (Å²) in [6.07, 6.45) is -0.894. The molecular formula is C12H18F3NO. The van der Waals surface area contributed by atoms with Gasteiger partial charge in [0, 0.05) is 25.4 Å². The van der Waals surface area contributed by atoms with Crippen LogP contribution in [0.4, 0.5) is 13.2 Å². The van der Waals surface area contributed by atoms with Crippen molar-refractivity contribution in [1.29, 1.82) is 0 Å². The molecule has 0 amide bonds. The van der Waals surface area contributed by atoms with Crippen LogP contribution in [0, 0.1) is 11.8 Å². The fraction of sp³-hybridized carbons (Fsp3) is 0.917. The molecule has 0 N–H and O–H groups in total. The Morgan fingerprint density at radius 1 is 1.24 bits per heavy atom. The molecule has 1 saturated heterocycles. The first-order valence-electron chi connectivity index (χ1n) is 6.28. The minimum Gasteiger partial charge on any atom is -0.302 e. The van der Waals surface area contributed by atoms with Gasteiger partial charge in [0.1, 0.15) is 5.78 Å². The Hall–Kier alpha value is -0.580. The van der Waals surface area contributed by atoms with Gasteiger partial charge in [-0.2, -0.15) is 13.2 Å². The maximum atomic E-state index is 12.6. The van der Waals surface area contributed by atoms with Gasteiger partial charge in [-0.05, 0) is 32.2 Å². The number of carbonyl (C=O) groups is 1. The molecular weight excluding hydrogens is 231 g/mol. The molecule has 2 aliphatic rings. The molecule has 2 atom stereocenters. The predicted octanol–water partition coefficient (Wildman–Crippen LogP) is 2.63. The van der Waals surface area contributed by atoms with Crippen molar-refractivity contribution in [3.63, 3.8) is 0 Å². The Labute approximate surface area is 99.2 Å². The van der Waals surface area contributed by atoms with E-state index in [4.69, 9.17) is 0 Å². The minimum atomic E-state index is -4.08. The van der Waals surface area contributed by atoms with Gasteiger partial charge in [-0.3, -0.25) is 4.79 Å². The zero-order chi connectivity index (χ0) is 12.5. The average Bonchev–Trinajstić information content (AvgIpc) is 2.64. The predicted molar refractivity (Wildman–Crippen MR) is 57.6 cm³/mol. The lowest BCUT2D eigenvalue weighted by Crippen LogP contribution is -2.44. The lowest BCUT2D eigenvalue weighted by molar-refractivity contribution is -0.187. The van der Waals surface area contributed by atoms with E-state index in [0.29, 0.717) is 25.9 Å². The van der Waals surface area contributed by atoms with Crippen LogP contribution in [0.1, 0.15) is 32.1 Å². The number of carbonyl (C=O) groups excluding carboxylic acids is 1. The Bertz CT molecular complexity index is 290. The summed E-state index contributed by atoms with van der Waals surface area (Å²) in [5.74, 6) is -0.978. The number of hydrogen-bond donors (Lipinski definition) is 0. The number of piperidine rings is 1. The molecule has 1 aliphatic heterocycles. The van der Waals surface area contributed by atoms with Crippen LogP contribution in [-0.2, 0) is 4.79 Å². The molecule has 5 heteroatoms. The zero-order valence-corrected chi connectivity index (χ0v) is 9.80. The summed E-state index contributed by atoms with van der Waals surface area (Å²) in [4.78, 5) is 13.3. The highest BCUT2D eigenvalue weighted by molar-refractivity contribution is 5.83. The smallest absolute Gasteiger partial charge is 0.302 e. The number of halogens is 3. The number of ketones is 1. The van der Waals surface area contributed by atoms with E-state index < -0.39 is 12.1 Å². The van der Waals surface area contributed by atoms with Crippen LogP contribution in [0.15, 0.2) is 0 Å². The van der Waals surface area contributed by atoms with Gasteiger partial charge >= 0.3 is 6.18 Å². The normalized spacial score (nSPS) is 32.1. The number of nitrogens with zero attached hydrogens (tertiary/aromatic N) is 1. The molecule has 1 heterocycles. The monoisotopic (exact) mass is 249 g/mol. The molecule has 98 valence electrons. The van der Waals surface area contributed by atoms with E-state index in [0.717, 1.165) is 12.8 Å². The largest absolute Gasteiger partial charge is 0.393 e. The van der Waals surface area contributed by atoms with Crippen molar-refractivity contribution in [3.8, 4) is 0 Å². The molecule has 2 nitrogen and oxygen atoms in total. The second-order valence-corrected chi connectivity index (χ2v) is 5.20. The second-order valence-electron chi connectivity index (χ2n) is 5.20. The molecule has 1 aliphatic carbocycles. The summed E-state index contributed by atoms with van der Waals surface area (Å²) in [6, 6.07) is 0. The van der Waals surface area contributed by atoms with Crippen LogP contribution in [0.3, 0.4) is 0 Å². The Balaban J connectivity index is 1.87. The van der Waals surface area contributed by atoms with Crippen molar-refractivity contribution in [2.24, 2.45) is 11.8 Å². The molecule has 0 radical (unpaired) electrons. The van der Waals surface area contributed by atoms with Gasteiger partial charge < -0.3 is 4.90 Å². The molecule has 0 aromatic heterocycles. The molecule has 2 unspecified atom stereocenters. The number of rotatable bonds is 2. The van der Waals surface area contributed by atoms with E-state index in [9.17, 15) is 18.0 Å². The third-order valence-electron chi connectivity index (χ3n) is 3.88. The number of hydrogen-bond acceptors (Lipinski definition) is 2. The lowest BCUT2D eigenvalue weighted by Gasteiger charge is -2.34. The van der Waals surface area contributed by atoms with Gasteiger partial charge in [0.05, 0.1) is 5.92 Å². The maximum absolute atomic E-state index is 12.6. The summed E-state index contributed by atoms with van der Waals surface area (Å²) in [5.41, 5.74) is 0. The first-order chi connectivity index (χ1) is 7.97. The van der Waals surface area contributed by atoms with Gasteiger partial charge in [0.2, 0.25) is 0 Å². The van der Waals surface area contributed by atoms with Crippen molar-refractivity contribution >= 4 is 5.78 Å². The Kier molecular flexibility index (Phi) is 3.76.